The molecule has 8 heteroatoms. The van der Waals surface area contributed by atoms with Gasteiger partial charge in [-0.1, -0.05) is 18.2 Å². The van der Waals surface area contributed by atoms with Gasteiger partial charge >= 0.3 is 5.97 Å². The number of carbonyl (C=O) groups is 2. The minimum Gasteiger partial charge on any atom is -0.490 e. The van der Waals surface area contributed by atoms with Gasteiger partial charge in [-0.3, -0.25) is 14.9 Å². The van der Waals surface area contributed by atoms with Crippen LogP contribution in [0.15, 0.2) is 42.5 Å². The molecule has 0 aliphatic heterocycles. The Morgan fingerprint density at radius 3 is 2.52 bits per heavy atom. The van der Waals surface area contributed by atoms with Crippen molar-refractivity contribution in [3.63, 3.8) is 0 Å². The molecule has 1 saturated carbocycles. The summed E-state index contributed by atoms with van der Waals surface area (Å²) in [5.41, 5.74) is -0.0718. The zero-order valence-electron chi connectivity index (χ0n) is 14.4. The number of benzene rings is 2. The summed E-state index contributed by atoms with van der Waals surface area (Å²) in [5, 5.41) is 22.7. The highest BCUT2D eigenvalue weighted by Gasteiger charge is 2.21. The SMILES string of the molecule is O=C(O)c1cc(C(=O)NCc2ccccc2OC2CCC2)cc([N+](=O)[O-])c1. The fourth-order valence-corrected chi connectivity index (χ4v) is 2.68. The van der Waals surface area contributed by atoms with Gasteiger partial charge in [0.1, 0.15) is 5.75 Å². The van der Waals surface area contributed by atoms with E-state index in [-0.39, 0.29) is 23.8 Å². The molecule has 0 unspecified atom stereocenters. The summed E-state index contributed by atoms with van der Waals surface area (Å²) in [6.07, 6.45) is 3.35. The Bertz CT molecular complexity index is 859. The quantitative estimate of drug-likeness (QED) is 0.571. The predicted octanol–water partition coefficient (Wildman–Crippen LogP) is 3.15. The zero-order valence-corrected chi connectivity index (χ0v) is 14.4. The van der Waals surface area contributed by atoms with E-state index < -0.39 is 22.5 Å². The van der Waals surface area contributed by atoms with Gasteiger partial charge in [0.2, 0.25) is 0 Å². The molecule has 1 amide bonds. The highest BCUT2D eigenvalue weighted by atomic mass is 16.6. The van der Waals surface area contributed by atoms with Gasteiger partial charge in [-0.15, -0.1) is 0 Å². The number of rotatable bonds is 7. The van der Waals surface area contributed by atoms with Gasteiger partial charge in [-0.2, -0.15) is 0 Å². The normalized spacial score (nSPS) is 13.5. The minimum atomic E-state index is -1.34. The lowest BCUT2D eigenvalue weighted by molar-refractivity contribution is -0.384. The van der Waals surface area contributed by atoms with Crippen LogP contribution in [0, 0.1) is 10.1 Å². The van der Waals surface area contributed by atoms with Crippen LogP contribution in [-0.4, -0.2) is 28.0 Å². The molecule has 1 aliphatic rings. The fraction of sp³-hybridized carbons (Fsp3) is 0.263. The van der Waals surface area contributed by atoms with E-state index in [0.29, 0.717) is 5.75 Å². The smallest absolute Gasteiger partial charge is 0.335 e. The molecular weight excluding hydrogens is 352 g/mol. The van der Waals surface area contributed by atoms with Crippen molar-refractivity contribution in [2.75, 3.05) is 0 Å². The van der Waals surface area contributed by atoms with Crippen molar-refractivity contribution in [2.24, 2.45) is 0 Å². The molecule has 0 spiro atoms. The van der Waals surface area contributed by atoms with Crippen LogP contribution >= 0.6 is 0 Å². The molecule has 2 N–H and O–H groups in total. The summed E-state index contributed by atoms with van der Waals surface area (Å²) in [5.74, 6) is -1.25. The third kappa shape index (κ3) is 4.41. The molecule has 1 aliphatic carbocycles. The van der Waals surface area contributed by atoms with E-state index >= 15 is 0 Å². The number of nitrogens with one attached hydrogen (secondary N) is 1. The van der Waals surface area contributed by atoms with Gasteiger partial charge in [-0.05, 0) is 31.4 Å². The van der Waals surface area contributed by atoms with Crippen LogP contribution in [0.2, 0.25) is 0 Å². The summed E-state index contributed by atoms with van der Waals surface area (Å²) in [6.45, 7) is 0.160. The van der Waals surface area contributed by atoms with Crippen molar-refractivity contribution in [1.82, 2.24) is 5.32 Å². The van der Waals surface area contributed by atoms with E-state index in [2.05, 4.69) is 5.32 Å². The average molecular weight is 370 g/mol. The van der Waals surface area contributed by atoms with Gasteiger partial charge in [0.25, 0.3) is 11.6 Å². The van der Waals surface area contributed by atoms with E-state index in [1.807, 2.05) is 24.3 Å². The second kappa shape index (κ2) is 7.86. The van der Waals surface area contributed by atoms with Crippen molar-refractivity contribution < 1.29 is 24.4 Å². The molecule has 2 aromatic carbocycles. The number of ether oxygens (including phenoxy) is 1. The fourth-order valence-electron chi connectivity index (χ4n) is 2.68. The molecule has 0 atom stereocenters. The van der Waals surface area contributed by atoms with Crippen LogP contribution in [0.25, 0.3) is 0 Å². The highest BCUT2D eigenvalue weighted by molar-refractivity contribution is 5.98. The molecule has 1 fully saturated rings. The first-order valence-electron chi connectivity index (χ1n) is 8.49. The van der Waals surface area contributed by atoms with Crippen molar-refractivity contribution in [3.8, 4) is 5.75 Å². The summed E-state index contributed by atoms with van der Waals surface area (Å²) < 4.78 is 5.90. The molecular formula is C19H18N2O6. The Balaban J connectivity index is 1.74. The standard InChI is InChI=1S/C19H18N2O6/c22-18(13-8-14(19(23)24)10-15(9-13)21(25)26)20-11-12-4-1-2-7-17(12)27-16-5-3-6-16/h1-2,4,7-10,16H,3,5-6,11H2,(H,20,22)(H,23,24). The number of carboxylic acids is 1. The number of carboxylic acid groups (broad SMARTS) is 1. The molecule has 0 aromatic heterocycles. The van der Waals surface area contributed by atoms with Crippen LogP contribution < -0.4 is 10.1 Å². The second-order valence-electron chi connectivity index (χ2n) is 6.29. The number of nitrogens with zero attached hydrogens (tertiary/aromatic N) is 1. The number of amides is 1. The first kappa shape index (κ1) is 18.4. The van der Waals surface area contributed by atoms with E-state index in [1.54, 1.807) is 0 Å². The number of carbonyl (C=O) groups excluding carboxylic acids is 1. The van der Waals surface area contributed by atoms with Gasteiger partial charge in [-0.25, -0.2) is 4.79 Å². The van der Waals surface area contributed by atoms with Gasteiger partial charge in [0, 0.05) is 29.8 Å². The lowest BCUT2D eigenvalue weighted by atomic mass is 9.96. The molecule has 140 valence electrons. The maximum absolute atomic E-state index is 12.4. The van der Waals surface area contributed by atoms with Crippen LogP contribution in [0.1, 0.15) is 45.5 Å². The van der Waals surface area contributed by atoms with Crippen LogP contribution in [0.3, 0.4) is 0 Å². The van der Waals surface area contributed by atoms with Crippen LogP contribution in [0.5, 0.6) is 5.75 Å². The molecule has 3 rings (SSSR count). The number of para-hydroxylation sites is 1. The molecule has 0 saturated heterocycles. The Hall–Kier alpha value is -3.42. The van der Waals surface area contributed by atoms with E-state index in [4.69, 9.17) is 9.84 Å². The van der Waals surface area contributed by atoms with Crippen molar-refractivity contribution in [3.05, 3.63) is 69.3 Å². The molecule has 27 heavy (non-hydrogen) atoms. The Kier molecular flexibility index (Phi) is 5.35. The number of nitro benzene ring substituents is 1. The molecule has 0 bridgehead atoms. The molecule has 0 heterocycles. The predicted molar refractivity (Wildman–Crippen MR) is 95.9 cm³/mol. The molecule has 8 nitrogen and oxygen atoms in total. The zero-order chi connectivity index (χ0) is 19.4. The van der Waals surface area contributed by atoms with Crippen molar-refractivity contribution in [2.45, 2.75) is 31.9 Å². The number of nitro groups is 1. The lowest BCUT2D eigenvalue weighted by Crippen LogP contribution is -2.27. The van der Waals surface area contributed by atoms with E-state index in [0.717, 1.165) is 43.0 Å². The summed E-state index contributed by atoms with van der Waals surface area (Å²) in [4.78, 5) is 33.8. The Morgan fingerprint density at radius 1 is 1.19 bits per heavy atom. The lowest BCUT2D eigenvalue weighted by Gasteiger charge is -2.27. The number of hydrogen-bond acceptors (Lipinski definition) is 5. The van der Waals surface area contributed by atoms with Gasteiger partial charge < -0.3 is 15.2 Å². The van der Waals surface area contributed by atoms with E-state index in [9.17, 15) is 19.7 Å². The molecule has 0 radical (unpaired) electrons. The third-order valence-corrected chi connectivity index (χ3v) is 4.40. The monoisotopic (exact) mass is 370 g/mol. The first-order valence-corrected chi connectivity index (χ1v) is 8.49. The largest absolute Gasteiger partial charge is 0.490 e. The molecule has 2 aromatic rings. The third-order valence-electron chi connectivity index (χ3n) is 4.40. The van der Waals surface area contributed by atoms with Crippen LogP contribution in [0.4, 0.5) is 5.69 Å². The summed E-state index contributed by atoms with van der Waals surface area (Å²) in [6, 6.07) is 10.4. The Labute approximate surface area is 154 Å². The summed E-state index contributed by atoms with van der Waals surface area (Å²) >= 11 is 0. The Morgan fingerprint density at radius 2 is 1.89 bits per heavy atom. The highest BCUT2D eigenvalue weighted by Crippen LogP contribution is 2.27. The second-order valence-corrected chi connectivity index (χ2v) is 6.29. The maximum atomic E-state index is 12.4. The van der Waals surface area contributed by atoms with E-state index in [1.165, 1.54) is 0 Å². The number of hydrogen-bond donors (Lipinski definition) is 2. The number of aromatic carboxylic acids is 1. The maximum Gasteiger partial charge on any atom is 0.335 e. The first-order chi connectivity index (χ1) is 12.9. The minimum absolute atomic E-state index is 0.0843. The van der Waals surface area contributed by atoms with Crippen LogP contribution in [-0.2, 0) is 6.54 Å². The summed E-state index contributed by atoms with van der Waals surface area (Å²) in [7, 11) is 0. The average Bonchev–Trinajstić information content (AvgIpc) is 2.63. The van der Waals surface area contributed by atoms with Gasteiger partial charge in [0.05, 0.1) is 16.6 Å². The van der Waals surface area contributed by atoms with Gasteiger partial charge in [0.15, 0.2) is 0 Å². The number of non-ortho nitro benzene ring substituents is 1. The van der Waals surface area contributed by atoms with Crippen molar-refractivity contribution in [1.29, 1.82) is 0 Å². The topological polar surface area (TPSA) is 119 Å². The van der Waals surface area contributed by atoms with Crippen molar-refractivity contribution >= 4 is 17.6 Å².